The molecular formula is C19H20ClF3N4O2. The smallest absolute Gasteiger partial charge is 0.410 e. The summed E-state index contributed by atoms with van der Waals surface area (Å²) in [5.41, 5.74) is 0.525. The first-order chi connectivity index (χ1) is 13.8. The van der Waals surface area contributed by atoms with Crippen molar-refractivity contribution in [2.24, 2.45) is 0 Å². The molecule has 0 bridgehead atoms. The van der Waals surface area contributed by atoms with Crippen LogP contribution in [0.1, 0.15) is 47.4 Å². The number of hydrogen-bond donors (Lipinski definition) is 1. The van der Waals surface area contributed by atoms with E-state index in [-0.39, 0.29) is 23.0 Å². The fourth-order valence-electron chi connectivity index (χ4n) is 3.85. The number of fused-ring (bicyclic) bond motifs is 1. The predicted octanol–water partition coefficient (Wildman–Crippen LogP) is 4.44. The summed E-state index contributed by atoms with van der Waals surface area (Å²) in [6.07, 6.45) is -3.08. The Labute approximate surface area is 170 Å². The molecule has 0 saturated carbocycles. The SMILES string of the molecule is COc1ccc(C2CC(C(F)(F)F)n3nc(C(=O)N4CCCC4)c(Cl)c3N2)cc1. The number of likely N-dealkylation sites (tertiary alicyclic amines) is 1. The van der Waals surface area contributed by atoms with Gasteiger partial charge in [0, 0.05) is 19.5 Å². The van der Waals surface area contributed by atoms with Gasteiger partial charge >= 0.3 is 6.18 Å². The van der Waals surface area contributed by atoms with Gasteiger partial charge in [0.1, 0.15) is 16.6 Å². The topological polar surface area (TPSA) is 59.4 Å². The highest BCUT2D eigenvalue weighted by Gasteiger charge is 2.48. The van der Waals surface area contributed by atoms with Crippen molar-refractivity contribution in [2.75, 3.05) is 25.5 Å². The number of hydrogen-bond acceptors (Lipinski definition) is 4. The third-order valence-corrected chi connectivity index (χ3v) is 5.77. The Morgan fingerprint density at radius 2 is 1.90 bits per heavy atom. The van der Waals surface area contributed by atoms with Crippen molar-refractivity contribution in [1.29, 1.82) is 0 Å². The van der Waals surface area contributed by atoms with Crippen molar-refractivity contribution in [3.63, 3.8) is 0 Å². The Kier molecular flexibility index (Phi) is 5.10. The van der Waals surface area contributed by atoms with Crippen molar-refractivity contribution >= 4 is 23.3 Å². The molecule has 2 atom stereocenters. The molecule has 1 fully saturated rings. The number of nitrogens with one attached hydrogen (secondary N) is 1. The molecule has 6 nitrogen and oxygen atoms in total. The molecule has 1 amide bonds. The van der Waals surface area contributed by atoms with Gasteiger partial charge in [0.05, 0.1) is 13.2 Å². The second-order valence-corrected chi connectivity index (χ2v) is 7.60. The van der Waals surface area contributed by atoms with E-state index in [9.17, 15) is 18.0 Å². The molecule has 0 spiro atoms. The van der Waals surface area contributed by atoms with Gasteiger partial charge in [-0.25, -0.2) is 4.68 Å². The number of anilines is 1. The summed E-state index contributed by atoms with van der Waals surface area (Å²) in [6.45, 7) is 1.11. The number of methoxy groups -OCH3 is 1. The molecule has 2 aromatic rings. The average molecular weight is 429 g/mol. The summed E-state index contributed by atoms with van der Waals surface area (Å²) < 4.78 is 47.4. The van der Waals surface area contributed by atoms with Crippen molar-refractivity contribution in [3.05, 3.63) is 40.5 Å². The highest BCUT2D eigenvalue weighted by atomic mass is 35.5. The van der Waals surface area contributed by atoms with Gasteiger partial charge in [-0.15, -0.1) is 0 Å². The molecule has 1 saturated heterocycles. The molecule has 1 aromatic heterocycles. The second-order valence-electron chi connectivity index (χ2n) is 7.22. The van der Waals surface area contributed by atoms with E-state index in [1.807, 2.05) is 0 Å². The first-order valence-corrected chi connectivity index (χ1v) is 9.72. The zero-order valence-corrected chi connectivity index (χ0v) is 16.4. The normalized spacial score (nSPS) is 21.6. The quantitative estimate of drug-likeness (QED) is 0.785. The second kappa shape index (κ2) is 7.44. The number of halogens is 4. The van der Waals surface area contributed by atoms with E-state index in [1.165, 1.54) is 7.11 Å². The summed E-state index contributed by atoms with van der Waals surface area (Å²) >= 11 is 6.35. The maximum absolute atomic E-state index is 13.8. The van der Waals surface area contributed by atoms with Crippen molar-refractivity contribution in [1.82, 2.24) is 14.7 Å². The maximum Gasteiger partial charge on any atom is 0.410 e. The zero-order valence-electron chi connectivity index (χ0n) is 15.7. The van der Waals surface area contributed by atoms with Gasteiger partial charge in [0.25, 0.3) is 5.91 Å². The minimum atomic E-state index is -4.54. The maximum atomic E-state index is 13.8. The number of amides is 1. The Balaban J connectivity index is 1.71. The summed E-state index contributed by atoms with van der Waals surface area (Å²) in [5.74, 6) is 0.195. The molecule has 2 aliphatic heterocycles. The van der Waals surface area contributed by atoms with E-state index >= 15 is 0 Å². The van der Waals surface area contributed by atoms with Crippen LogP contribution in [0.2, 0.25) is 5.02 Å². The van der Waals surface area contributed by atoms with E-state index < -0.39 is 24.2 Å². The lowest BCUT2D eigenvalue weighted by atomic mass is 9.97. The summed E-state index contributed by atoms with van der Waals surface area (Å²) in [5, 5.41) is 6.96. The van der Waals surface area contributed by atoms with Crippen LogP contribution in [-0.2, 0) is 0 Å². The Hall–Kier alpha value is -2.42. The summed E-state index contributed by atoms with van der Waals surface area (Å²) in [7, 11) is 1.52. The van der Waals surface area contributed by atoms with Gasteiger partial charge in [-0.05, 0) is 30.5 Å². The molecule has 4 rings (SSSR count). The predicted molar refractivity (Wildman–Crippen MR) is 101 cm³/mol. The van der Waals surface area contributed by atoms with Crippen LogP contribution in [-0.4, -0.2) is 47.0 Å². The number of aromatic nitrogens is 2. The highest BCUT2D eigenvalue weighted by molar-refractivity contribution is 6.36. The monoisotopic (exact) mass is 428 g/mol. The van der Waals surface area contributed by atoms with Crippen LogP contribution in [0.3, 0.4) is 0 Å². The van der Waals surface area contributed by atoms with E-state index in [0.717, 1.165) is 17.5 Å². The molecule has 1 N–H and O–H groups in total. The van der Waals surface area contributed by atoms with Crippen LogP contribution in [0.4, 0.5) is 19.0 Å². The number of rotatable bonds is 3. The molecule has 2 aliphatic rings. The van der Waals surface area contributed by atoms with Gasteiger partial charge in [-0.3, -0.25) is 4.79 Å². The van der Waals surface area contributed by atoms with Gasteiger partial charge in [0.2, 0.25) is 0 Å². The molecule has 2 unspecified atom stereocenters. The number of ether oxygens (including phenoxy) is 1. The third kappa shape index (κ3) is 3.63. The molecule has 0 radical (unpaired) electrons. The molecule has 3 heterocycles. The lowest BCUT2D eigenvalue weighted by molar-refractivity contribution is -0.173. The highest BCUT2D eigenvalue weighted by Crippen LogP contribution is 2.46. The minimum absolute atomic E-state index is 0.0172. The van der Waals surface area contributed by atoms with Gasteiger partial charge in [0.15, 0.2) is 11.7 Å². The molecule has 1 aromatic carbocycles. The average Bonchev–Trinajstić information content (AvgIpc) is 3.35. The van der Waals surface area contributed by atoms with Crippen molar-refractivity contribution in [3.8, 4) is 5.75 Å². The summed E-state index contributed by atoms with van der Waals surface area (Å²) in [6, 6.07) is 4.28. The lowest BCUT2D eigenvalue weighted by Crippen LogP contribution is -2.36. The largest absolute Gasteiger partial charge is 0.497 e. The lowest BCUT2D eigenvalue weighted by Gasteiger charge is -2.33. The van der Waals surface area contributed by atoms with Crippen molar-refractivity contribution in [2.45, 2.75) is 37.5 Å². The Bertz CT molecular complexity index is 907. The molecule has 0 aliphatic carbocycles. The van der Waals surface area contributed by atoms with E-state index in [2.05, 4.69) is 10.4 Å². The first kappa shape index (κ1) is 19.9. The van der Waals surface area contributed by atoms with E-state index in [4.69, 9.17) is 16.3 Å². The fraction of sp³-hybridized carbons (Fsp3) is 0.474. The molecular weight excluding hydrogens is 409 g/mol. The molecule has 10 heteroatoms. The number of carbonyl (C=O) groups is 1. The van der Waals surface area contributed by atoms with Crippen LogP contribution in [0.5, 0.6) is 5.75 Å². The Morgan fingerprint density at radius 1 is 1.24 bits per heavy atom. The summed E-state index contributed by atoms with van der Waals surface area (Å²) in [4.78, 5) is 14.3. The third-order valence-electron chi connectivity index (χ3n) is 5.41. The van der Waals surface area contributed by atoms with Crippen LogP contribution in [0, 0.1) is 0 Å². The van der Waals surface area contributed by atoms with E-state index in [1.54, 1.807) is 29.2 Å². The van der Waals surface area contributed by atoms with Crippen LogP contribution < -0.4 is 10.1 Å². The number of alkyl halides is 3. The zero-order chi connectivity index (χ0) is 20.8. The number of benzene rings is 1. The minimum Gasteiger partial charge on any atom is -0.497 e. The first-order valence-electron chi connectivity index (χ1n) is 9.34. The number of nitrogens with zero attached hydrogens (tertiary/aromatic N) is 3. The van der Waals surface area contributed by atoms with Gasteiger partial charge < -0.3 is 15.0 Å². The number of carbonyl (C=O) groups excluding carboxylic acids is 1. The van der Waals surface area contributed by atoms with Gasteiger partial charge in [-0.1, -0.05) is 23.7 Å². The molecule has 156 valence electrons. The van der Waals surface area contributed by atoms with Gasteiger partial charge in [-0.2, -0.15) is 18.3 Å². The van der Waals surface area contributed by atoms with E-state index in [0.29, 0.717) is 24.4 Å². The fourth-order valence-corrected chi connectivity index (χ4v) is 4.11. The van der Waals surface area contributed by atoms with Crippen LogP contribution in [0.15, 0.2) is 24.3 Å². The molecule has 29 heavy (non-hydrogen) atoms. The van der Waals surface area contributed by atoms with Crippen molar-refractivity contribution < 1.29 is 22.7 Å². The standard InChI is InChI=1S/C19H20ClF3N4O2/c1-29-12-6-4-11(5-7-12)13-10-14(19(21,22)23)27-17(24-13)15(20)16(25-27)18(28)26-8-2-3-9-26/h4-7,13-14,24H,2-3,8-10H2,1H3. The van der Waals surface area contributed by atoms with Crippen LogP contribution >= 0.6 is 11.6 Å². The van der Waals surface area contributed by atoms with Crippen LogP contribution in [0.25, 0.3) is 0 Å². The Morgan fingerprint density at radius 3 is 2.48 bits per heavy atom.